The van der Waals surface area contributed by atoms with Crippen LogP contribution in [-0.4, -0.2) is 26.5 Å². The van der Waals surface area contributed by atoms with E-state index >= 15 is 0 Å². The van der Waals surface area contributed by atoms with Crippen LogP contribution in [0.1, 0.15) is 86.7 Å². The van der Waals surface area contributed by atoms with Gasteiger partial charge in [-0.25, -0.2) is 13.7 Å². The Morgan fingerprint density at radius 1 is 1.29 bits per heavy atom. The maximum atomic E-state index is 12.7. The number of hydrogen-bond acceptors (Lipinski definition) is 3. The van der Waals surface area contributed by atoms with E-state index in [1.165, 1.54) is 0 Å². The number of allylic oxidation sites excluding steroid dienone is 2. The van der Waals surface area contributed by atoms with E-state index in [1.54, 1.807) is 6.92 Å². The smallest absolute Gasteiger partial charge is 0.355 e. The van der Waals surface area contributed by atoms with Crippen LogP contribution in [0.15, 0.2) is 25.3 Å². The summed E-state index contributed by atoms with van der Waals surface area (Å²) in [5.74, 6) is -0.343. The van der Waals surface area contributed by atoms with E-state index in [9.17, 15) is 9.00 Å². The van der Waals surface area contributed by atoms with Gasteiger partial charge in [0.2, 0.25) is 0 Å². The molecule has 0 saturated heterocycles. The van der Waals surface area contributed by atoms with Crippen LogP contribution in [0.4, 0.5) is 0 Å². The number of esters is 1. The summed E-state index contributed by atoms with van der Waals surface area (Å²) in [6, 6.07) is -0.167. The molecule has 1 aromatic heterocycles. The summed E-state index contributed by atoms with van der Waals surface area (Å²) >= 11 is 0. The molecule has 0 aliphatic heterocycles. The second-order valence-electron chi connectivity index (χ2n) is 7.84. The minimum atomic E-state index is -1.23. The molecule has 0 saturated carbocycles. The molecule has 28 heavy (non-hydrogen) atoms. The van der Waals surface area contributed by atoms with Gasteiger partial charge < -0.3 is 9.72 Å². The Labute approximate surface area is 172 Å². The molecule has 1 aromatic rings. The number of carbonyl (C=O) groups is 1. The van der Waals surface area contributed by atoms with Crippen molar-refractivity contribution in [3.05, 3.63) is 47.8 Å². The van der Waals surface area contributed by atoms with Gasteiger partial charge in [-0.3, -0.25) is 0 Å². The Hall–Kier alpha value is -1.66. The number of carbonyl (C=O) groups excluding carboxylic acids is 1. The van der Waals surface area contributed by atoms with Gasteiger partial charge >= 0.3 is 5.97 Å². The van der Waals surface area contributed by atoms with E-state index in [2.05, 4.69) is 22.9 Å². The predicted molar refractivity (Wildman–Crippen MR) is 118 cm³/mol. The Morgan fingerprint density at radius 2 is 1.93 bits per heavy atom. The van der Waals surface area contributed by atoms with Gasteiger partial charge in [0.25, 0.3) is 0 Å². The van der Waals surface area contributed by atoms with Crippen molar-refractivity contribution >= 4 is 17.0 Å². The summed E-state index contributed by atoms with van der Waals surface area (Å²) in [5.41, 5.74) is 3.41. The maximum Gasteiger partial charge on any atom is 0.355 e. The van der Waals surface area contributed by atoms with Crippen LogP contribution >= 0.6 is 0 Å². The lowest BCUT2D eigenvalue weighted by atomic mass is 9.99. The summed E-state index contributed by atoms with van der Waals surface area (Å²) in [6.45, 7) is 17.5. The Bertz CT molecular complexity index is 701. The van der Waals surface area contributed by atoms with Crippen molar-refractivity contribution in [2.75, 3.05) is 6.61 Å². The van der Waals surface area contributed by atoms with Crippen molar-refractivity contribution < 1.29 is 13.7 Å². The van der Waals surface area contributed by atoms with Crippen molar-refractivity contribution in [3.8, 4) is 0 Å². The lowest BCUT2D eigenvalue weighted by Crippen LogP contribution is -2.36. The van der Waals surface area contributed by atoms with Crippen LogP contribution in [0, 0.1) is 6.92 Å². The first-order valence-electron chi connectivity index (χ1n) is 9.95. The van der Waals surface area contributed by atoms with Crippen LogP contribution < -0.4 is 4.72 Å². The third-order valence-corrected chi connectivity index (χ3v) is 6.16. The lowest BCUT2D eigenvalue weighted by molar-refractivity contribution is 0.0518. The fourth-order valence-corrected chi connectivity index (χ4v) is 3.82. The zero-order valence-corrected chi connectivity index (χ0v) is 18.8. The van der Waals surface area contributed by atoms with Crippen LogP contribution in [0.2, 0.25) is 0 Å². The highest BCUT2D eigenvalue weighted by Crippen LogP contribution is 2.29. The van der Waals surface area contributed by atoms with Gasteiger partial charge in [-0.1, -0.05) is 12.2 Å². The van der Waals surface area contributed by atoms with Crippen LogP contribution in [-0.2, 0) is 22.1 Å². The van der Waals surface area contributed by atoms with Crippen molar-refractivity contribution in [3.63, 3.8) is 0 Å². The zero-order chi connectivity index (χ0) is 21.3. The molecule has 0 amide bonds. The third-order valence-electron chi connectivity index (χ3n) is 4.55. The molecular formula is C22H36N2O3S. The number of nitrogens with one attached hydrogen (secondary N) is 2. The van der Waals surface area contributed by atoms with E-state index in [-0.39, 0.29) is 16.8 Å². The molecule has 0 aliphatic carbocycles. The number of unbranched alkanes of at least 4 members (excludes halogenated alkanes) is 1. The molecule has 2 N–H and O–H groups in total. The molecule has 2 atom stereocenters. The zero-order valence-electron chi connectivity index (χ0n) is 18.0. The standard InChI is InChI=1S/C22H36N2O3S/c1-8-11-13-14-17-16(4)19(23-20(17)21(25)27-10-3)18(15-12-9-2)24-28(26)22(5,6)7/h8-9,18,23-24H,1-2,10-15H2,3-7H3. The van der Waals surface area contributed by atoms with Crippen molar-refractivity contribution in [1.82, 2.24) is 9.71 Å². The highest BCUT2D eigenvalue weighted by Gasteiger charge is 2.28. The lowest BCUT2D eigenvalue weighted by Gasteiger charge is -2.24. The highest BCUT2D eigenvalue weighted by atomic mass is 32.2. The van der Waals surface area contributed by atoms with Crippen molar-refractivity contribution in [2.45, 2.75) is 77.5 Å². The number of hydrogen-bond donors (Lipinski definition) is 2. The molecule has 0 bridgehead atoms. The highest BCUT2D eigenvalue weighted by molar-refractivity contribution is 7.84. The Balaban J connectivity index is 3.32. The predicted octanol–water partition coefficient (Wildman–Crippen LogP) is 5.07. The molecule has 0 spiro atoms. The van der Waals surface area contributed by atoms with Crippen molar-refractivity contribution in [2.24, 2.45) is 0 Å². The fraction of sp³-hybridized carbons (Fsp3) is 0.591. The third kappa shape index (κ3) is 6.74. The molecule has 0 aliphatic rings. The summed E-state index contributed by atoms with van der Waals surface area (Å²) in [6.07, 6.45) is 7.80. The van der Waals surface area contributed by atoms with E-state index in [0.717, 1.165) is 48.9 Å². The molecule has 0 radical (unpaired) electrons. The molecule has 2 unspecified atom stereocenters. The number of rotatable bonds is 12. The molecule has 6 heteroatoms. The van der Waals surface area contributed by atoms with Gasteiger partial charge in [-0.05, 0) is 77.8 Å². The van der Waals surface area contributed by atoms with Gasteiger partial charge in [0.05, 0.1) is 28.4 Å². The van der Waals surface area contributed by atoms with Gasteiger partial charge in [-0.2, -0.15) is 0 Å². The number of aromatic amines is 1. The first-order chi connectivity index (χ1) is 13.2. The average Bonchev–Trinajstić information content (AvgIpc) is 2.95. The quantitative estimate of drug-likeness (QED) is 0.288. The SMILES string of the molecule is C=CCCCc1c(C(=O)OCC)[nH]c(C(CCC=C)NS(=O)C(C)(C)C)c1C. The second-order valence-corrected chi connectivity index (χ2v) is 9.83. The Kier molecular flexibility index (Phi) is 9.90. The van der Waals surface area contributed by atoms with Gasteiger partial charge in [0.15, 0.2) is 0 Å². The molecule has 1 heterocycles. The summed E-state index contributed by atoms with van der Waals surface area (Å²) in [4.78, 5) is 15.8. The van der Waals surface area contributed by atoms with E-state index < -0.39 is 11.0 Å². The molecule has 158 valence electrons. The molecule has 5 nitrogen and oxygen atoms in total. The van der Waals surface area contributed by atoms with Gasteiger partial charge in [0, 0.05) is 5.69 Å². The number of ether oxygens (including phenoxy) is 1. The van der Waals surface area contributed by atoms with Gasteiger partial charge in [0.1, 0.15) is 5.69 Å². The minimum absolute atomic E-state index is 0.167. The van der Waals surface area contributed by atoms with E-state index in [1.807, 2.05) is 39.8 Å². The average molecular weight is 409 g/mol. The Morgan fingerprint density at radius 3 is 2.46 bits per heavy atom. The first-order valence-corrected chi connectivity index (χ1v) is 11.1. The summed E-state index contributed by atoms with van der Waals surface area (Å²) in [5, 5.41) is 0. The summed E-state index contributed by atoms with van der Waals surface area (Å²) < 4.78 is 20.8. The fourth-order valence-electron chi connectivity index (χ4n) is 2.97. The van der Waals surface area contributed by atoms with Crippen molar-refractivity contribution in [1.29, 1.82) is 0 Å². The van der Waals surface area contributed by atoms with E-state index in [0.29, 0.717) is 12.3 Å². The van der Waals surface area contributed by atoms with Crippen LogP contribution in [0.3, 0.4) is 0 Å². The van der Waals surface area contributed by atoms with Crippen LogP contribution in [0.25, 0.3) is 0 Å². The maximum absolute atomic E-state index is 12.7. The van der Waals surface area contributed by atoms with Crippen LogP contribution in [0.5, 0.6) is 0 Å². The number of H-pyrrole nitrogens is 1. The summed E-state index contributed by atoms with van der Waals surface area (Å²) in [7, 11) is -1.23. The molecular weight excluding hydrogens is 372 g/mol. The normalized spacial score (nSPS) is 13.8. The monoisotopic (exact) mass is 408 g/mol. The largest absolute Gasteiger partial charge is 0.461 e. The molecule has 0 fully saturated rings. The minimum Gasteiger partial charge on any atom is -0.461 e. The van der Waals surface area contributed by atoms with Gasteiger partial charge in [-0.15, -0.1) is 13.2 Å². The first kappa shape index (κ1) is 24.4. The van der Waals surface area contributed by atoms with E-state index in [4.69, 9.17) is 4.74 Å². The second kappa shape index (κ2) is 11.4. The molecule has 0 aromatic carbocycles. The number of aromatic nitrogens is 1. The topological polar surface area (TPSA) is 71.2 Å². The molecule has 1 rings (SSSR count).